The average molecular weight is 353 g/mol. The maximum absolute atomic E-state index is 13.1. The molecule has 1 saturated heterocycles. The van der Waals surface area contributed by atoms with Crippen LogP contribution in [0.4, 0.5) is 0 Å². The number of carbonyl (C=O) groups excluding carboxylic acids is 2. The van der Waals surface area contributed by atoms with E-state index < -0.39 is 18.2 Å². The van der Waals surface area contributed by atoms with Gasteiger partial charge in [-0.2, -0.15) is 0 Å². The fraction of sp³-hybridized carbons (Fsp3) is 0.333. The highest BCUT2D eigenvalue weighted by molar-refractivity contribution is 6.08. The molecule has 1 aliphatic rings. The molecule has 5 heteroatoms. The van der Waals surface area contributed by atoms with Crippen LogP contribution >= 0.6 is 0 Å². The third-order valence-electron chi connectivity index (χ3n) is 4.68. The van der Waals surface area contributed by atoms with Crippen molar-refractivity contribution in [3.8, 4) is 0 Å². The van der Waals surface area contributed by atoms with E-state index in [1.807, 2.05) is 43.3 Å². The first-order chi connectivity index (χ1) is 12.7. The summed E-state index contributed by atoms with van der Waals surface area (Å²) in [5, 5.41) is 9.32. The number of β-lactam (4-membered cyclic amide) rings is 1. The van der Waals surface area contributed by atoms with Crippen LogP contribution in [0.3, 0.4) is 0 Å². The zero-order valence-electron chi connectivity index (χ0n) is 14.7. The molecule has 0 spiro atoms. The van der Waals surface area contributed by atoms with Crippen LogP contribution in [0.25, 0.3) is 0 Å². The number of benzene rings is 2. The van der Waals surface area contributed by atoms with Gasteiger partial charge < -0.3 is 14.7 Å². The van der Waals surface area contributed by atoms with Gasteiger partial charge in [-0.1, -0.05) is 60.7 Å². The Morgan fingerprint density at radius 3 is 2.31 bits per heavy atom. The standard InChI is InChI=1S/C21H23NO4/c1-2-26-21(16-11-7-4-8-12-16)22-18(17(13-14-23)20(22)25)19(24)15-9-5-3-6-10-15/h3-12,17-18,21,23H,2,13-14H2,1H3/t17-,18-,21?/m0/s1. The predicted molar refractivity (Wildman–Crippen MR) is 97.4 cm³/mol. The van der Waals surface area contributed by atoms with Crippen molar-refractivity contribution in [3.63, 3.8) is 0 Å². The van der Waals surface area contributed by atoms with Crippen molar-refractivity contribution in [1.29, 1.82) is 0 Å². The van der Waals surface area contributed by atoms with Crippen LogP contribution in [0.15, 0.2) is 60.7 Å². The first-order valence-corrected chi connectivity index (χ1v) is 8.87. The molecule has 0 bridgehead atoms. The molecule has 1 N–H and O–H groups in total. The Bertz CT molecular complexity index is 747. The molecule has 1 heterocycles. The molecule has 1 aliphatic heterocycles. The van der Waals surface area contributed by atoms with Crippen molar-refractivity contribution in [1.82, 2.24) is 4.90 Å². The summed E-state index contributed by atoms with van der Waals surface area (Å²) in [5.41, 5.74) is 1.39. The number of aliphatic hydroxyl groups is 1. The molecule has 0 aliphatic carbocycles. The van der Waals surface area contributed by atoms with Gasteiger partial charge in [0, 0.05) is 24.3 Å². The summed E-state index contributed by atoms with van der Waals surface area (Å²) in [7, 11) is 0. The van der Waals surface area contributed by atoms with E-state index in [0.29, 0.717) is 12.2 Å². The highest BCUT2D eigenvalue weighted by Crippen LogP contribution is 2.39. The number of carbonyl (C=O) groups is 2. The maximum atomic E-state index is 13.1. The summed E-state index contributed by atoms with van der Waals surface area (Å²) in [6, 6.07) is 17.7. The predicted octanol–water partition coefficient (Wildman–Crippen LogP) is 2.81. The lowest BCUT2D eigenvalue weighted by atomic mass is 9.79. The Hall–Kier alpha value is -2.50. The van der Waals surface area contributed by atoms with E-state index in [-0.39, 0.29) is 24.7 Å². The molecule has 0 aromatic heterocycles. The number of nitrogens with zero attached hydrogens (tertiary/aromatic N) is 1. The van der Waals surface area contributed by atoms with Gasteiger partial charge in [0.1, 0.15) is 6.04 Å². The van der Waals surface area contributed by atoms with E-state index in [1.165, 1.54) is 4.90 Å². The van der Waals surface area contributed by atoms with Crippen molar-refractivity contribution in [2.24, 2.45) is 5.92 Å². The van der Waals surface area contributed by atoms with Crippen LogP contribution in [-0.4, -0.2) is 41.0 Å². The third-order valence-corrected chi connectivity index (χ3v) is 4.68. The van der Waals surface area contributed by atoms with Crippen LogP contribution in [-0.2, 0) is 9.53 Å². The fourth-order valence-electron chi connectivity index (χ4n) is 3.45. The second-order valence-corrected chi connectivity index (χ2v) is 6.26. The zero-order chi connectivity index (χ0) is 18.5. The molecule has 3 atom stereocenters. The number of hydrogen-bond donors (Lipinski definition) is 1. The van der Waals surface area contributed by atoms with E-state index in [4.69, 9.17) is 4.74 Å². The van der Waals surface area contributed by atoms with Gasteiger partial charge >= 0.3 is 0 Å². The fourth-order valence-corrected chi connectivity index (χ4v) is 3.45. The monoisotopic (exact) mass is 353 g/mol. The van der Waals surface area contributed by atoms with Crippen LogP contribution in [0.2, 0.25) is 0 Å². The summed E-state index contributed by atoms with van der Waals surface area (Å²) in [6.45, 7) is 2.15. The van der Waals surface area contributed by atoms with Gasteiger partial charge in [-0.15, -0.1) is 0 Å². The van der Waals surface area contributed by atoms with Gasteiger partial charge in [0.2, 0.25) is 5.91 Å². The minimum absolute atomic E-state index is 0.121. The van der Waals surface area contributed by atoms with E-state index in [1.54, 1.807) is 24.3 Å². The highest BCUT2D eigenvalue weighted by atomic mass is 16.5. The molecule has 1 unspecified atom stereocenters. The number of hydrogen-bond acceptors (Lipinski definition) is 4. The van der Waals surface area contributed by atoms with Crippen LogP contribution in [0.1, 0.15) is 35.5 Å². The number of amides is 1. The van der Waals surface area contributed by atoms with Gasteiger partial charge in [-0.05, 0) is 13.3 Å². The maximum Gasteiger partial charge on any atom is 0.231 e. The van der Waals surface area contributed by atoms with Crippen LogP contribution in [0, 0.1) is 5.92 Å². The topological polar surface area (TPSA) is 66.8 Å². The zero-order valence-corrected chi connectivity index (χ0v) is 14.7. The molecule has 1 fully saturated rings. The second-order valence-electron chi connectivity index (χ2n) is 6.26. The Balaban J connectivity index is 1.94. The van der Waals surface area contributed by atoms with Crippen LogP contribution < -0.4 is 0 Å². The van der Waals surface area contributed by atoms with Gasteiger partial charge in [0.25, 0.3) is 0 Å². The smallest absolute Gasteiger partial charge is 0.231 e. The Labute approximate surface area is 153 Å². The first-order valence-electron chi connectivity index (χ1n) is 8.87. The minimum atomic E-state index is -0.631. The van der Waals surface area contributed by atoms with Crippen molar-refractivity contribution < 1.29 is 19.4 Å². The van der Waals surface area contributed by atoms with Gasteiger partial charge in [-0.25, -0.2) is 0 Å². The summed E-state index contributed by atoms with van der Waals surface area (Å²) in [6.07, 6.45) is -0.340. The molecule has 3 rings (SSSR count). The van der Waals surface area contributed by atoms with E-state index in [9.17, 15) is 14.7 Å². The van der Waals surface area contributed by atoms with Crippen LogP contribution in [0.5, 0.6) is 0 Å². The molecule has 2 aromatic carbocycles. The molecule has 2 aromatic rings. The van der Waals surface area contributed by atoms with E-state index in [2.05, 4.69) is 0 Å². The minimum Gasteiger partial charge on any atom is -0.396 e. The van der Waals surface area contributed by atoms with Crippen molar-refractivity contribution in [2.45, 2.75) is 25.6 Å². The average Bonchev–Trinajstić information content (AvgIpc) is 2.70. The molecule has 0 radical (unpaired) electrons. The van der Waals surface area contributed by atoms with Crippen molar-refractivity contribution in [3.05, 3.63) is 71.8 Å². The summed E-state index contributed by atoms with van der Waals surface area (Å²) in [4.78, 5) is 27.4. The summed E-state index contributed by atoms with van der Waals surface area (Å²) in [5.74, 6) is -0.792. The normalized spacial score (nSPS) is 20.5. The Morgan fingerprint density at radius 1 is 1.12 bits per heavy atom. The van der Waals surface area contributed by atoms with Gasteiger partial charge in [0.15, 0.2) is 12.0 Å². The largest absolute Gasteiger partial charge is 0.396 e. The van der Waals surface area contributed by atoms with Gasteiger partial charge in [-0.3, -0.25) is 9.59 Å². The lowest BCUT2D eigenvalue weighted by Crippen LogP contribution is -2.65. The van der Waals surface area contributed by atoms with Crippen molar-refractivity contribution in [2.75, 3.05) is 13.2 Å². The summed E-state index contributed by atoms with van der Waals surface area (Å²) < 4.78 is 5.84. The Kier molecular flexibility index (Phi) is 5.81. The van der Waals surface area contributed by atoms with Gasteiger partial charge in [0.05, 0.1) is 5.92 Å². The quantitative estimate of drug-likeness (QED) is 0.585. The second kappa shape index (κ2) is 8.25. The number of ketones is 1. The first kappa shape index (κ1) is 18.3. The molecule has 1 amide bonds. The molecule has 5 nitrogen and oxygen atoms in total. The molecular formula is C21H23NO4. The number of ether oxygens (including phenoxy) is 1. The number of rotatable bonds is 8. The van der Waals surface area contributed by atoms with Crippen molar-refractivity contribution >= 4 is 11.7 Å². The highest BCUT2D eigenvalue weighted by Gasteiger charge is 2.54. The number of Topliss-reactive ketones (excluding diaryl/α,β-unsaturated/α-hetero) is 1. The summed E-state index contributed by atoms with van der Waals surface area (Å²) >= 11 is 0. The molecule has 26 heavy (non-hydrogen) atoms. The van der Waals surface area contributed by atoms with E-state index >= 15 is 0 Å². The Morgan fingerprint density at radius 2 is 1.73 bits per heavy atom. The number of likely N-dealkylation sites (tertiary alicyclic amines) is 1. The lowest BCUT2D eigenvalue weighted by molar-refractivity contribution is -0.179. The lowest BCUT2D eigenvalue weighted by Gasteiger charge is -2.49. The SMILES string of the molecule is CCOC(c1ccccc1)N1C(=O)[C@@H](CCO)[C@H]1C(=O)c1ccccc1. The number of aliphatic hydroxyl groups excluding tert-OH is 1. The molecule has 136 valence electrons. The van der Waals surface area contributed by atoms with E-state index in [0.717, 1.165) is 5.56 Å². The molecular weight excluding hydrogens is 330 g/mol. The molecule has 0 saturated carbocycles. The third kappa shape index (κ3) is 3.41.